The van der Waals surface area contributed by atoms with Gasteiger partial charge in [-0.3, -0.25) is 9.36 Å². The molecule has 2 rings (SSSR count). The number of rotatable bonds is 2. The Balaban J connectivity index is 2.83. The van der Waals surface area contributed by atoms with Crippen molar-refractivity contribution < 1.29 is 0 Å². The zero-order chi connectivity index (χ0) is 11.0. The molecule has 0 aliphatic rings. The molecule has 2 aromatic rings. The quantitative estimate of drug-likeness (QED) is 0.839. The van der Waals surface area contributed by atoms with Gasteiger partial charge in [-0.1, -0.05) is 17.4 Å². The van der Waals surface area contributed by atoms with Crippen molar-refractivity contribution in [2.24, 2.45) is 5.73 Å². The first kappa shape index (κ1) is 10.4. The summed E-state index contributed by atoms with van der Waals surface area (Å²) in [6, 6.07) is 4.07. The third-order valence-electron chi connectivity index (χ3n) is 2.71. The number of nitrogens with two attached hydrogens (primary N) is 1. The molecule has 0 aliphatic heterocycles. The Bertz CT molecular complexity index is 553. The number of hydrogen-bond donors (Lipinski definition) is 1. The predicted octanol–water partition coefficient (Wildman–Crippen LogP) is 1.64. The summed E-state index contributed by atoms with van der Waals surface area (Å²) < 4.78 is 2.83. The molecule has 0 amide bonds. The molecule has 3 nitrogen and oxygen atoms in total. The van der Waals surface area contributed by atoms with Crippen molar-refractivity contribution in [2.75, 3.05) is 6.54 Å². The van der Waals surface area contributed by atoms with Crippen LogP contribution in [0.25, 0.3) is 10.2 Å². The molecular weight excluding hydrogens is 208 g/mol. The maximum atomic E-state index is 11.7. The molecule has 0 atom stereocenters. The highest BCUT2D eigenvalue weighted by Gasteiger charge is 2.10. The number of nitrogens with zero attached hydrogens (tertiary/aromatic N) is 1. The Labute approximate surface area is 92.1 Å². The topological polar surface area (TPSA) is 48.0 Å². The first-order valence-corrected chi connectivity index (χ1v) is 5.76. The molecule has 0 radical (unpaired) electrons. The van der Waals surface area contributed by atoms with Gasteiger partial charge in [-0.2, -0.15) is 0 Å². The van der Waals surface area contributed by atoms with Crippen LogP contribution >= 0.6 is 11.3 Å². The minimum absolute atomic E-state index is 0.0872. The Morgan fingerprint density at radius 3 is 2.80 bits per heavy atom. The molecule has 0 aliphatic carbocycles. The van der Waals surface area contributed by atoms with E-state index in [0.717, 1.165) is 10.2 Å². The SMILES string of the molecule is Cc1ccc2sc(=O)n(CCN)c2c1C. The fourth-order valence-corrected chi connectivity index (χ4v) is 2.74. The summed E-state index contributed by atoms with van der Waals surface area (Å²) >= 11 is 1.29. The lowest BCUT2D eigenvalue weighted by molar-refractivity contribution is 0.719. The number of hydrogen-bond acceptors (Lipinski definition) is 3. The largest absolute Gasteiger partial charge is 0.329 e. The van der Waals surface area contributed by atoms with Crippen LogP contribution in [-0.2, 0) is 6.54 Å². The Morgan fingerprint density at radius 2 is 2.13 bits per heavy atom. The number of thiazole rings is 1. The summed E-state index contributed by atoms with van der Waals surface area (Å²) in [5.41, 5.74) is 8.96. The fourth-order valence-electron chi connectivity index (χ4n) is 1.77. The van der Waals surface area contributed by atoms with Crippen LogP contribution in [-0.4, -0.2) is 11.1 Å². The van der Waals surface area contributed by atoms with Gasteiger partial charge in [-0.05, 0) is 31.0 Å². The minimum Gasteiger partial charge on any atom is -0.329 e. The van der Waals surface area contributed by atoms with E-state index in [0.29, 0.717) is 13.1 Å². The van der Waals surface area contributed by atoms with E-state index in [1.54, 1.807) is 4.57 Å². The van der Waals surface area contributed by atoms with Gasteiger partial charge in [0.2, 0.25) is 0 Å². The van der Waals surface area contributed by atoms with Crippen molar-refractivity contribution in [3.05, 3.63) is 32.9 Å². The molecule has 1 aromatic carbocycles. The van der Waals surface area contributed by atoms with Crippen LogP contribution in [0, 0.1) is 13.8 Å². The normalized spacial score (nSPS) is 11.1. The van der Waals surface area contributed by atoms with E-state index >= 15 is 0 Å². The molecule has 0 fully saturated rings. The van der Waals surface area contributed by atoms with Gasteiger partial charge in [0.15, 0.2) is 0 Å². The van der Waals surface area contributed by atoms with Crippen molar-refractivity contribution in [2.45, 2.75) is 20.4 Å². The summed E-state index contributed by atoms with van der Waals surface area (Å²) in [6.07, 6.45) is 0. The van der Waals surface area contributed by atoms with Crippen molar-refractivity contribution in [3.63, 3.8) is 0 Å². The molecule has 1 heterocycles. The number of aromatic nitrogens is 1. The second kappa shape index (κ2) is 3.79. The van der Waals surface area contributed by atoms with Crippen LogP contribution < -0.4 is 10.6 Å². The van der Waals surface area contributed by atoms with E-state index in [2.05, 4.69) is 19.9 Å². The predicted molar refractivity (Wildman–Crippen MR) is 64.6 cm³/mol. The van der Waals surface area contributed by atoms with Gasteiger partial charge in [-0.15, -0.1) is 0 Å². The summed E-state index contributed by atoms with van der Waals surface area (Å²) in [6.45, 7) is 5.21. The van der Waals surface area contributed by atoms with Gasteiger partial charge < -0.3 is 5.73 Å². The summed E-state index contributed by atoms with van der Waals surface area (Å²) in [5.74, 6) is 0. The van der Waals surface area contributed by atoms with Crippen LogP contribution in [0.3, 0.4) is 0 Å². The molecule has 2 N–H and O–H groups in total. The smallest absolute Gasteiger partial charge is 0.308 e. The average molecular weight is 222 g/mol. The molecule has 0 spiro atoms. The van der Waals surface area contributed by atoms with Crippen LogP contribution in [0.4, 0.5) is 0 Å². The highest BCUT2D eigenvalue weighted by atomic mass is 32.1. The van der Waals surface area contributed by atoms with Gasteiger partial charge in [0.05, 0.1) is 10.2 Å². The van der Waals surface area contributed by atoms with E-state index in [1.165, 1.54) is 22.5 Å². The molecule has 4 heteroatoms. The van der Waals surface area contributed by atoms with Crippen molar-refractivity contribution >= 4 is 21.6 Å². The van der Waals surface area contributed by atoms with E-state index in [4.69, 9.17) is 5.73 Å². The second-order valence-corrected chi connectivity index (χ2v) is 4.66. The molecule has 0 saturated heterocycles. The van der Waals surface area contributed by atoms with E-state index in [-0.39, 0.29) is 4.87 Å². The monoisotopic (exact) mass is 222 g/mol. The standard InChI is InChI=1S/C11H14N2OS/c1-7-3-4-9-10(8(7)2)13(6-5-12)11(14)15-9/h3-4H,5-6,12H2,1-2H3. The zero-order valence-electron chi connectivity index (χ0n) is 8.91. The van der Waals surface area contributed by atoms with Gasteiger partial charge in [0.1, 0.15) is 0 Å². The fraction of sp³-hybridized carbons (Fsp3) is 0.364. The van der Waals surface area contributed by atoms with Gasteiger partial charge in [0.25, 0.3) is 0 Å². The molecular formula is C11H14N2OS. The maximum absolute atomic E-state index is 11.7. The van der Waals surface area contributed by atoms with Gasteiger partial charge >= 0.3 is 4.87 Å². The number of aryl methyl sites for hydroxylation is 2. The molecule has 1 aromatic heterocycles. The van der Waals surface area contributed by atoms with Crippen molar-refractivity contribution in [1.29, 1.82) is 0 Å². The summed E-state index contributed by atoms with van der Waals surface area (Å²) in [7, 11) is 0. The highest BCUT2D eigenvalue weighted by Crippen LogP contribution is 2.23. The third kappa shape index (κ3) is 1.60. The van der Waals surface area contributed by atoms with E-state index < -0.39 is 0 Å². The average Bonchev–Trinajstić information content (AvgIpc) is 2.51. The maximum Gasteiger partial charge on any atom is 0.308 e. The van der Waals surface area contributed by atoms with E-state index in [1.807, 2.05) is 6.07 Å². The second-order valence-electron chi connectivity index (χ2n) is 3.66. The summed E-state index contributed by atoms with van der Waals surface area (Å²) in [5, 5.41) is 0. The van der Waals surface area contributed by atoms with Crippen LogP contribution in [0.1, 0.15) is 11.1 Å². The van der Waals surface area contributed by atoms with Crippen molar-refractivity contribution in [1.82, 2.24) is 4.57 Å². The van der Waals surface area contributed by atoms with Gasteiger partial charge in [0, 0.05) is 13.1 Å². The lowest BCUT2D eigenvalue weighted by Crippen LogP contribution is -2.19. The molecule has 0 bridgehead atoms. The molecule has 0 saturated carbocycles. The van der Waals surface area contributed by atoms with Gasteiger partial charge in [-0.25, -0.2) is 0 Å². The first-order chi connectivity index (χ1) is 7.15. The highest BCUT2D eigenvalue weighted by molar-refractivity contribution is 7.16. The lowest BCUT2D eigenvalue weighted by Gasteiger charge is -2.06. The van der Waals surface area contributed by atoms with E-state index in [9.17, 15) is 4.79 Å². The van der Waals surface area contributed by atoms with Crippen LogP contribution in [0.5, 0.6) is 0 Å². The van der Waals surface area contributed by atoms with Crippen LogP contribution in [0.2, 0.25) is 0 Å². The molecule has 0 unspecified atom stereocenters. The number of benzene rings is 1. The lowest BCUT2D eigenvalue weighted by atomic mass is 10.1. The Morgan fingerprint density at radius 1 is 1.40 bits per heavy atom. The zero-order valence-corrected chi connectivity index (χ0v) is 9.73. The minimum atomic E-state index is 0.0872. The Hall–Kier alpha value is -1.13. The van der Waals surface area contributed by atoms with Crippen LogP contribution in [0.15, 0.2) is 16.9 Å². The molecule has 80 valence electrons. The van der Waals surface area contributed by atoms with Crippen molar-refractivity contribution in [3.8, 4) is 0 Å². The first-order valence-electron chi connectivity index (χ1n) is 4.94. The Kier molecular flexibility index (Phi) is 2.63. The molecule has 15 heavy (non-hydrogen) atoms. The number of fused-ring (bicyclic) bond motifs is 1. The third-order valence-corrected chi connectivity index (χ3v) is 3.65. The summed E-state index contributed by atoms with van der Waals surface area (Å²) in [4.78, 5) is 11.8.